The van der Waals surface area contributed by atoms with E-state index in [4.69, 9.17) is 14.4 Å². The largest absolute Gasteiger partial charge is 0.392 e. The lowest BCUT2D eigenvalue weighted by Crippen LogP contribution is -2.23. The van der Waals surface area contributed by atoms with Crippen LogP contribution in [0, 0.1) is 13.8 Å². The summed E-state index contributed by atoms with van der Waals surface area (Å²) in [7, 11) is 0. The number of aliphatic hydroxyl groups is 1. The Morgan fingerprint density at radius 3 is 2.65 bits per heavy atom. The second-order valence-electron chi connectivity index (χ2n) is 6.23. The zero-order chi connectivity index (χ0) is 16.2. The Labute approximate surface area is 136 Å². The van der Waals surface area contributed by atoms with Crippen molar-refractivity contribution in [3.05, 3.63) is 52.4 Å². The Morgan fingerprint density at radius 1 is 1.26 bits per heavy atom. The first-order valence-corrected chi connectivity index (χ1v) is 8.10. The second-order valence-corrected chi connectivity index (χ2v) is 6.23. The van der Waals surface area contributed by atoms with Crippen LogP contribution in [0.3, 0.4) is 0 Å². The molecule has 1 aromatic heterocycles. The van der Waals surface area contributed by atoms with E-state index in [1.54, 1.807) is 0 Å². The minimum atomic E-state index is 0.0988. The maximum atomic E-state index is 9.09. The fourth-order valence-corrected chi connectivity index (χ4v) is 2.99. The summed E-state index contributed by atoms with van der Waals surface area (Å²) in [6, 6.07) is 8.14. The van der Waals surface area contributed by atoms with Gasteiger partial charge in [0, 0.05) is 25.2 Å². The average molecular weight is 316 g/mol. The molecule has 124 valence electrons. The summed E-state index contributed by atoms with van der Waals surface area (Å²) in [6.45, 7) is 7.48. The highest BCUT2D eigenvalue weighted by Gasteiger charge is 2.23. The molecule has 0 bridgehead atoms. The van der Waals surface area contributed by atoms with Gasteiger partial charge in [-0.15, -0.1) is 0 Å². The van der Waals surface area contributed by atoms with Crippen molar-refractivity contribution >= 4 is 0 Å². The summed E-state index contributed by atoms with van der Waals surface area (Å²) in [6.07, 6.45) is 1.32. The van der Waals surface area contributed by atoms with E-state index in [2.05, 4.69) is 22.2 Å². The molecular formula is C18H24N2O3. The van der Waals surface area contributed by atoms with Crippen LogP contribution in [-0.4, -0.2) is 34.4 Å². The predicted octanol–water partition coefficient (Wildman–Crippen LogP) is 2.57. The van der Waals surface area contributed by atoms with Gasteiger partial charge in [-0.3, -0.25) is 4.90 Å². The van der Waals surface area contributed by atoms with Crippen molar-refractivity contribution in [1.29, 1.82) is 0 Å². The van der Waals surface area contributed by atoms with Crippen LogP contribution in [0.1, 0.15) is 34.6 Å². The minimum absolute atomic E-state index is 0.0988. The van der Waals surface area contributed by atoms with Gasteiger partial charge >= 0.3 is 0 Å². The fraction of sp³-hybridized carbons (Fsp3) is 0.500. The van der Waals surface area contributed by atoms with Crippen molar-refractivity contribution in [2.45, 2.75) is 46.1 Å². The molecule has 1 saturated heterocycles. The van der Waals surface area contributed by atoms with E-state index < -0.39 is 0 Å². The molecule has 2 heterocycles. The van der Waals surface area contributed by atoms with E-state index >= 15 is 0 Å². The van der Waals surface area contributed by atoms with E-state index in [1.165, 1.54) is 5.56 Å². The topological polar surface area (TPSA) is 58.7 Å². The van der Waals surface area contributed by atoms with Crippen LogP contribution in [0.2, 0.25) is 0 Å². The van der Waals surface area contributed by atoms with Crippen LogP contribution in [0.4, 0.5) is 0 Å². The summed E-state index contributed by atoms with van der Waals surface area (Å²) in [5.41, 5.74) is 4.22. The predicted molar refractivity (Wildman–Crippen MR) is 86.8 cm³/mol. The zero-order valence-electron chi connectivity index (χ0n) is 13.8. The van der Waals surface area contributed by atoms with Crippen LogP contribution in [0.25, 0.3) is 0 Å². The van der Waals surface area contributed by atoms with Gasteiger partial charge in [0.25, 0.3) is 0 Å². The lowest BCUT2D eigenvalue weighted by atomic mass is 10.1. The number of nitrogens with zero attached hydrogens (tertiary/aromatic N) is 2. The molecule has 0 radical (unpaired) electrons. The molecule has 1 aromatic carbocycles. The Kier molecular flexibility index (Phi) is 5.10. The SMILES string of the molecule is Cc1noc(C)c1COC1CCN(Cc2ccc(CO)cc2)C1. The average Bonchev–Trinajstić information content (AvgIpc) is 3.13. The number of benzene rings is 1. The Morgan fingerprint density at radius 2 is 2.00 bits per heavy atom. The third kappa shape index (κ3) is 3.99. The van der Waals surface area contributed by atoms with Crippen molar-refractivity contribution in [3.63, 3.8) is 0 Å². The van der Waals surface area contributed by atoms with Crippen LogP contribution in [0.5, 0.6) is 0 Å². The first kappa shape index (κ1) is 16.2. The minimum Gasteiger partial charge on any atom is -0.392 e. The van der Waals surface area contributed by atoms with Gasteiger partial charge < -0.3 is 14.4 Å². The van der Waals surface area contributed by atoms with Crippen molar-refractivity contribution in [3.8, 4) is 0 Å². The molecule has 0 amide bonds. The van der Waals surface area contributed by atoms with Gasteiger partial charge in [0.1, 0.15) is 5.76 Å². The highest BCUT2D eigenvalue weighted by Crippen LogP contribution is 2.20. The van der Waals surface area contributed by atoms with Crippen molar-refractivity contribution in [1.82, 2.24) is 10.1 Å². The third-order valence-corrected chi connectivity index (χ3v) is 4.49. The third-order valence-electron chi connectivity index (χ3n) is 4.49. The molecule has 0 spiro atoms. The summed E-state index contributed by atoms with van der Waals surface area (Å²) >= 11 is 0. The van der Waals surface area contributed by atoms with E-state index in [0.717, 1.165) is 48.6 Å². The van der Waals surface area contributed by atoms with E-state index in [-0.39, 0.29) is 12.7 Å². The van der Waals surface area contributed by atoms with Crippen molar-refractivity contribution < 1.29 is 14.4 Å². The highest BCUT2D eigenvalue weighted by atomic mass is 16.5. The molecule has 1 aliphatic rings. The normalized spacial score (nSPS) is 18.7. The number of aromatic nitrogens is 1. The number of hydrogen-bond donors (Lipinski definition) is 1. The maximum Gasteiger partial charge on any atom is 0.139 e. The summed E-state index contributed by atoms with van der Waals surface area (Å²) in [5, 5.41) is 13.0. The maximum absolute atomic E-state index is 9.09. The van der Waals surface area contributed by atoms with Gasteiger partial charge in [-0.25, -0.2) is 0 Å². The molecule has 5 nitrogen and oxygen atoms in total. The van der Waals surface area contributed by atoms with Gasteiger partial charge in [-0.2, -0.15) is 0 Å². The molecule has 1 N–H and O–H groups in total. The standard InChI is InChI=1S/C18H24N2O3/c1-13-18(14(2)23-19-13)12-22-17-7-8-20(10-17)9-15-3-5-16(11-21)6-4-15/h3-6,17,21H,7-12H2,1-2H3. The van der Waals surface area contributed by atoms with Crippen molar-refractivity contribution in [2.24, 2.45) is 0 Å². The molecule has 5 heteroatoms. The van der Waals surface area contributed by atoms with Gasteiger partial charge in [0.05, 0.1) is 25.0 Å². The van der Waals surface area contributed by atoms with Gasteiger partial charge in [0.2, 0.25) is 0 Å². The number of ether oxygens (including phenoxy) is 1. The molecule has 1 atom stereocenters. The summed E-state index contributed by atoms with van der Waals surface area (Å²) in [5.74, 6) is 0.848. The number of aryl methyl sites for hydroxylation is 2. The summed E-state index contributed by atoms with van der Waals surface area (Å²) in [4.78, 5) is 2.41. The molecule has 1 aliphatic heterocycles. The van der Waals surface area contributed by atoms with Crippen LogP contribution >= 0.6 is 0 Å². The van der Waals surface area contributed by atoms with E-state index in [0.29, 0.717) is 6.61 Å². The first-order valence-electron chi connectivity index (χ1n) is 8.10. The molecule has 2 aromatic rings. The lowest BCUT2D eigenvalue weighted by Gasteiger charge is -2.16. The van der Waals surface area contributed by atoms with Crippen LogP contribution in [0.15, 0.2) is 28.8 Å². The van der Waals surface area contributed by atoms with Crippen molar-refractivity contribution in [2.75, 3.05) is 13.1 Å². The number of rotatable bonds is 6. The second kappa shape index (κ2) is 7.25. The first-order chi connectivity index (χ1) is 11.2. The Hall–Kier alpha value is -1.69. The molecule has 1 unspecified atom stereocenters. The number of aliphatic hydroxyl groups excluding tert-OH is 1. The molecule has 3 rings (SSSR count). The Bertz CT molecular complexity index is 617. The highest BCUT2D eigenvalue weighted by molar-refractivity contribution is 5.22. The quantitative estimate of drug-likeness (QED) is 0.887. The van der Waals surface area contributed by atoms with Gasteiger partial charge in [-0.05, 0) is 31.4 Å². The zero-order valence-corrected chi connectivity index (χ0v) is 13.8. The summed E-state index contributed by atoms with van der Waals surface area (Å²) < 4.78 is 11.2. The molecule has 23 heavy (non-hydrogen) atoms. The monoisotopic (exact) mass is 316 g/mol. The van der Waals surface area contributed by atoms with Gasteiger partial charge in [0.15, 0.2) is 0 Å². The van der Waals surface area contributed by atoms with Gasteiger partial charge in [-0.1, -0.05) is 29.4 Å². The molecule has 0 saturated carbocycles. The Balaban J connectivity index is 1.48. The number of hydrogen-bond acceptors (Lipinski definition) is 5. The lowest BCUT2D eigenvalue weighted by molar-refractivity contribution is 0.0453. The smallest absolute Gasteiger partial charge is 0.139 e. The molecular weight excluding hydrogens is 292 g/mol. The molecule has 1 fully saturated rings. The van der Waals surface area contributed by atoms with E-state index in [1.807, 2.05) is 26.0 Å². The van der Waals surface area contributed by atoms with E-state index in [9.17, 15) is 0 Å². The van der Waals surface area contributed by atoms with Crippen LogP contribution < -0.4 is 0 Å². The number of likely N-dealkylation sites (tertiary alicyclic amines) is 1. The van der Waals surface area contributed by atoms with Crippen LogP contribution in [-0.2, 0) is 24.5 Å². The fourth-order valence-electron chi connectivity index (χ4n) is 2.99. The molecule has 0 aliphatic carbocycles.